The molecule has 6 nitrogen and oxygen atoms in total. The van der Waals surface area contributed by atoms with Crippen molar-refractivity contribution in [3.63, 3.8) is 0 Å². The van der Waals surface area contributed by atoms with E-state index in [0.717, 1.165) is 75.5 Å². The minimum Gasteiger partial charge on any atom is -0.462 e. The summed E-state index contributed by atoms with van der Waals surface area (Å²) in [5.74, 6) is 1.75. The van der Waals surface area contributed by atoms with Crippen LogP contribution in [0.1, 0.15) is 363 Å². The number of unbranched alkanes of at least 4 members (excludes halogenated alkanes) is 40. The quantitative estimate of drug-likeness (QED) is 0.0343. The number of ether oxygens (including phenoxy) is 3. The highest BCUT2D eigenvalue weighted by molar-refractivity contribution is 5.71. The first-order valence-electron chi connectivity index (χ1n) is 32.1. The summed E-state index contributed by atoms with van der Waals surface area (Å²) in [4.78, 5) is 38.3. The van der Waals surface area contributed by atoms with E-state index in [2.05, 4.69) is 41.5 Å². The van der Waals surface area contributed by atoms with Crippen LogP contribution >= 0.6 is 0 Å². The van der Waals surface area contributed by atoms with Crippen LogP contribution in [-0.2, 0) is 28.6 Å². The van der Waals surface area contributed by atoms with E-state index in [-0.39, 0.29) is 31.1 Å². The molecule has 0 aromatic heterocycles. The largest absolute Gasteiger partial charge is 0.462 e. The Kier molecular flexibility index (Phi) is 54.9. The van der Waals surface area contributed by atoms with Crippen LogP contribution in [0.2, 0.25) is 0 Å². The lowest BCUT2D eigenvalue weighted by molar-refractivity contribution is -0.167. The van der Waals surface area contributed by atoms with Gasteiger partial charge in [-0.2, -0.15) is 0 Å². The Morgan fingerprint density at radius 1 is 0.282 bits per heavy atom. The van der Waals surface area contributed by atoms with E-state index in [0.29, 0.717) is 19.3 Å². The minimum absolute atomic E-state index is 0.0625. The molecular weight excluding hydrogens is 877 g/mol. The van der Waals surface area contributed by atoms with Gasteiger partial charge in [0.15, 0.2) is 6.10 Å². The van der Waals surface area contributed by atoms with Gasteiger partial charge in [0.25, 0.3) is 0 Å². The Labute approximate surface area is 444 Å². The summed E-state index contributed by atoms with van der Waals surface area (Å²) in [6, 6.07) is 0. The molecule has 0 bridgehead atoms. The predicted octanol–water partition coefficient (Wildman–Crippen LogP) is 21.5. The van der Waals surface area contributed by atoms with Crippen molar-refractivity contribution in [1.29, 1.82) is 0 Å². The van der Waals surface area contributed by atoms with Crippen molar-refractivity contribution < 1.29 is 28.6 Å². The molecule has 71 heavy (non-hydrogen) atoms. The van der Waals surface area contributed by atoms with Gasteiger partial charge in [0, 0.05) is 19.3 Å². The molecule has 0 radical (unpaired) electrons. The second-order valence-electron chi connectivity index (χ2n) is 23.6. The van der Waals surface area contributed by atoms with E-state index >= 15 is 0 Å². The van der Waals surface area contributed by atoms with Crippen LogP contribution in [0.15, 0.2) is 0 Å². The van der Waals surface area contributed by atoms with Gasteiger partial charge in [-0.15, -0.1) is 0 Å². The monoisotopic (exact) mass is 1000 g/mol. The summed E-state index contributed by atoms with van der Waals surface area (Å²) >= 11 is 0. The molecule has 0 aromatic rings. The number of hydrogen-bond acceptors (Lipinski definition) is 6. The number of rotatable bonds is 58. The Morgan fingerprint density at radius 3 is 0.732 bits per heavy atom. The van der Waals surface area contributed by atoms with Crippen LogP contribution < -0.4 is 0 Å². The fraction of sp³-hybridized carbons (Fsp3) is 0.954. The van der Waals surface area contributed by atoms with E-state index in [1.165, 1.54) is 244 Å². The van der Waals surface area contributed by atoms with Crippen LogP contribution in [-0.4, -0.2) is 37.2 Å². The second kappa shape index (κ2) is 56.1. The first kappa shape index (κ1) is 69.4. The predicted molar refractivity (Wildman–Crippen MR) is 307 cm³/mol. The van der Waals surface area contributed by atoms with E-state index < -0.39 is 6.10 Å². The van der Waals surface area contributed by atoms with Gasteiger partial charge in [0.2, 0.25) is 0 Å². The topological polar surface area (TPSA) is 78.9 Å². The van der Waals surface area contributed by atoms with Gasteiger partial charge in [0.05, 0.1) is 0 Å². The number of esters is 3. The van der Waals surface area contributed by atoms with Crippen molar-refractivity contribution in [2.45, 2.75) is 369 Å². The van der Waals surface area contributed by atoms with Gasteiger partial charge < -0.3 is 14.2 Å². The Bertz CT molecular complexity index is 1100. The second-order valence-corrected chi connectivity index (χ2v) is 23.6. The number of carbonyl (C=O) groups excluding carboxylic acids is 3. The van der Waals surface area contributed by atoms with Crippen molar-refractivity contribution in [2.24, 2.45) is 17.8 Å². The molecule has 422 valence electrons. The summed E-state index contributed by atoms with van der Waals surface area (Å²) in [6.07, 6.45) is 60.9. The number of hydrogen-bond donors (Lipinski definition) is 0. The lowest BCUT2D eigenvalue weighted by Crippen LogP contribution is -2.30. The summed E-state index contributed by atoms with van der Waals surface area (Å²) in [5.41, 5.74) is 0. The zero-order valence-corrected chi connectivity index (χ0v) is 49.0. The van der Waals surface area contributed by atoms with Crippen LogP contribution in [0.4, 0.5) is 0 Å². The van der Waals surface area contributed by atoms with Crippen LogP contribution in [0.25, 0.3) is 0 Å². The molecule has 0 spiro atoms. The first-order chi connectivity index (χ1) is 34.6. The molecule has 2 atom stereocenters. The van der Waals surface area contributed by atoms with Crippen LogP contribution in [0.3, 0.4) is 0 Å². The summed E-state index contributed by atoms with van der Waals surface area (Å²) < 4.78 is 17.0. The molecular formula is C65H126O6. The molecule has 0 aliphatic rings. The first-order valence-corrected chi connectivity index (χ1v) is 32.1. The lowest BCUT2D eigenvalue weighted by atomic mass is 9.99. The molecule has 0 aliphatic heterocycles. The van der Waals surface area contributed by atoms with Crippen molar-refractivity contribution in [2.75, 3.05) is 13.2 Å². The lowest BCUT2D eigenvalue weighted by Gasteiger charge is -2.18. The third-order valence-corrected chi connectivity index (χ3v) is 15.3. The van der Waals surface area contributed by atoms with Crippen LogP contribution in [0.5, 0.6) is 0 Å². The van der Waals surface area contributed by atoms with Gasteiger partial charge in [0.1, 0.15) is 13.2 Å². The van der Waals surface area contributed by atoms with E-state index in [4.69, 9.17) is 14.2 Å². The van der Waals surface area contributed by atoms with E-state index in [1.54, 1.807) is 0 Å². The maximum atomic E-state index is 12.9. The Morgan fingerprint density at radius 2 is 0.493 bits per heavy atom. The summed E-state index contributed by atoms with van der Waals surface area (Å²) in [6.45, 7) is 13.8. The molecule has 0 amide bonds. The summed E-state index contributed by atoms with van der Waals surface area (Å²) in [5, 5.41) is 0. The third-order valence-electron chi connectivity index (χ3n) is 15.3. The molecule has 0 saturated carbocycles. The number of carbonyl (C=O) groups is 3. The molecule has 0 fully saturated rings. The van der Waals surface area contributed by atoms with Crippen molar-refractivity contribution in [3.8, 4) is 0 Å². The van der Waals surface area contributed by atoms with Crippen molar-refractivity contribution in [3.05, 3.63) is 0 Å². The van der Waals surface area contributed by atoms with Gasteiger partial charge in [-0.25, -0.2) is 0 Å². The zero-order chi connectivity index (χ0) is 51.9. The molecule has 1 unspecified atom stereocenters. The van der Waals surface area contributed by atoms with E-state index in [1.807, 2.05) is 0 Å². The standard InChI is InChI=1S/C65H126O6/c1-7-61(6)53-47-41-35-29-23-17-12-13-19-26-32-38-44-50-56-65(68)71-62(58-70-64(67)55-49-43-37-31-25-20-14-16-22-28-34-40-46-52-60(4)5)57-69-63(66)54-48-42-36-30-24-18-11-9-8-10-15-21-27-33-39-45-51-59(2)3/h59-62H,7-58H2,1-6H3/t61?,62-/m0/s1. The smallest absolute Gasteiger partial charge is 0.306 e. The van der Waals surface area contributed by atoms with Crippen molar-refractivity contribution in [1.82, 2.24) is 0 Å². The fourth-order valence-corrected chi connectivity index (χ4v) is 10.0. The minimum atomic E-state index is -0.765. The highest BCUT2D eigenvalue weighted by atomic mass is 16.6. The maximum Gasteiger partial charge on any atom is 0.306 e. The van der Waals surface area contributed by atoms with Gasteiger partial charge in [-0.3, -0.25) is 14.4 Å². The van der Waals surface area contributed by atoms with Gasteiger partial charge >= 0.3 is 17.9 Å². The molecule has 0 aromatic carbocycles. The average Bonchev–Trinajstić information content (AvgIpc) is 3.35. The average molecular weight is 1000 g/mol. The molecule has 0 saturated heterocycles. The summed E-state index contributed by atoms with van der Waals surface area (Å²) in [7, 11) is 0. The molecule has 0 heterocycles. The molecule has 0 N–H and O–H groups in total. The fourth-order valence-electron chi connectivity index (χ4n) is 10.0. The van der Waals surface area contributed by atoms with Crippen LogP contribution in [0, 0.1) is 17.8 Å². The Balaban J connectivity index is 4.30. The van der Waals surface area contributed by atoms with Gasteiger partial charge in [-0.05, 0) is 37.0 Å². The molecule has 0 aliphatic carbocycles. The maximum absolute atomic E-state index is 12.9. The van der Waals surface area contributed by atoms with Gasteiger partial charge in [-0.1, -0.05) is 324 Å². The SMILES string of the molecule is CCC(C)CCCCCCCCCCCCCCCCC(=O)O[C@@H](COC(=O)CCCCCCCCCCCCCCCCCCC(C)C)COC(=O)CCCCCCCCCCCCCCCC(C)C. The molecule has 0 rings (SSSR count). The Hall–Kier alpha value is -1.59. The van der Waals surface area contributed by atoms with E-state index in [9.17, 15) is 14.4 Å². The highest BCUT2D eigenvalue weighted by Gasteiger charge is 2.19. The zero-order valence-electron chi connectivity index (χ0n) is 49.0. The van der Waals surface area contributed by atoms with Crippen molar-refractivity contribution >= 4 is 17.9 Å². The molecule has 6 heteroatoms. The normalized spacial score (nSPS) is 12.5. The highest BCUT2D eigenvalue weighted by Crippen LogP contribution is 2.19. The third kappa shape index (κ3) is 57.5.